The van der Waals surface area contributed by atoms with Gasteiger partial charge in [-0.1, -0.05) is 11.6 Å². The highest BCUT2D eigenvalue weighted by atomic mass is 35.5. The summed E-state index contributed by atoms with van der Waals surface area (Å²) in [6, 6.07) is 5.17. The molecule has 1 aromatic rings. The topological polar surface area (TPSA) is 50.4 Å². The molecule has 1 aliphatic heterocycles. The van der Waals surface area contributed by atoms with Crippen molar-refractivity contribution in [3.8, 4) is 5.75 Å². The van der Waals surface area contributed by atoms with Gasteiger partial charge in [0.2, 0.25) is 5.91 Å². The van der Waals surface area contributed by atoms with E-state index in [0.717, 1.165) is 19.5 Å². The van der Waals surface area contributed by atoms with Crippen LogP contribution in [-0.2, 0) is 4.79 Å². The van der Waals surface area contributed by atoms with E-state index in [1.165, 1.54) is 0 Å². The van der Waals surface area contributed by atoms with E-state index in [-0.39, 0.29) is 11.8 Å². The van der Waals surface area contributed by atoms with E-state index in [9.17, 15) is 4.79 Å². The maximum Gasteiger partial charge on any atom is 0.228 e. The molecule has 17 heavy (non-hydrogen) atoms. The number of hydrogen-bond acceptors (Lipinski definition) is 3. The van der Waals surface area contributed by atoms with E-state index in [1.807, 2.05) is 0 Å². The number of benzene rings is 1. The Kier molecular flexibility index (Phi) is 3.86. The molecule has 1 saturated heterocycles. The van der Waals surface area contributed by atoms with E-state index < -0.39 is 0 Å². The highest BCUT2D eigenvalue weighted by Gasteiger charge is 2.23. The smallest absolute Gasteiger partial charge is 0.228 e. The maximum absolute atomic E-state index is 11.9. The van der Waals surface area contributed by atoms with E-state index in [1.54, 1.807) is 25.3 Å². The first kappa shape index (κ1) is 12.2. The Morgan fingerprint density at radius 2 is 2.41 bits per heavy atom. The van der Waals surface area contributed by atoms with Crippen LogP contribution >= 0.6 is 11.6 Å². The van der Waals surface area contributed by atoms with Gasteiger partial charge in [0.05, 0.1) is 18.7 Å². The first-order valence-corrected chi connectivity index (χ1v) is 5.93. The van der Waals surface area contributed by atoms with E-state index in [0.29, 0.717) is 16.5 Å². The molecule has 0 radical (unpaired) electrons. The molecule has 1 aromatic carbocycles. The van der Waals surface area contributed by atoms with Crippen LogP contribution in [0.3, 0.4) is 0 Å². The molecule has 1 amide bonds. The Morgan fingerprint density at radius 1 is 1.59 bits per heavy atom. The van der Waals surface area contributed by atoms with Crippen molar-refractivity contribution in [3.05, 3.63) is 23.2 Å². The molecule has 0 aliphatic carbocycles. The van der Waals surface area contributed by atoms with Gasteiger partial charge in [-0.15, -0.1) is 0 Å². The van der Waals surface area contributed by atoms with Crippen LogP contribution in [0.4, 0.5) is 5.69 Å². The van der Waals surface area contributed by atoms with Crippen LogP contribution in [-0.4, -0.2) is 26.1 Å². The number of halogens is 1. The molecular weight excluding hydrogens is 240 g/mol. The summed E-state index contributed by atoms with van der Waals surface area (Å²) in [4.78, 5) is 11.9. The summed E-state index contributed by atoms with van der Waals surface area (Å²) in [5.41, 5.74) is 0.622. The van der Waals surface area contributed by atoms with Gasteiger partial charge >= 0.3 is 0 Å². The first-order valence-electron chi connectivity index (χ1n) is 5.56. The quantitative estimate of drug-likeness (QED) is 0.866. The number of rotatable bonds is 3. The molecule has 92 valence electrons. The van der Waals surface area contributed by atoms with Crippen LogP contribution in [0.1, 0.15) is 6.42 Å². The van der Waals surface area contributed by atoms with Crippen molar-refractivity contribution in [2.75, 3.05) is 25.5 Å². The number of nitrogens with one attached hydrogen (secondary N) is 2. The average molecular weight is 255 g/mol. The Morgan fingerprint density at radius 3 is 3.06 bits per heavy atom. The Hall–Kier alpha value is -1.26. The third kappa shape index (κ3) is 2.90. The number of amides is 1. The summed E-state index contributed by atoms with van der Waals surface area (Å²) >= 11 is 5.90. The predicted molar refractivity (Wildman–Crippen MR) is 67.6 cm³/mol. The number of ether oxygens (including phenoxy) is 1. The van der Waals surface area contributed by atoms with Gasteiger partial charge in [-0.25, -0.2) is 0 Å². The van der Waals surface area contributed by atoms with Crippen LogP contribution in [0.15, 0.2) is 18.2 Å². The van der Waals surface area contributed by atoms with E-state index in [4.69, 9.17) is 16.3 Å². The first-order chi connectivity index (χ1) is 8.20. The van der Waals surface area contributed by atoms with Crippen molar-refractivity contribution in [2.24, 2.45) is 5.92 Å². The maximum atomic E-state index is 11.9. The van der Waals surface area contributed by atoms with Crippen molar-refractivity contribution in [2.45, 2.75) is 6.42 Å². The fourth-order valence-corrected chi connectivity index (χ4v) is 2.06. The highest BCUT2D eigenvalue weighted by Crippen LogP contribution is 2.28. The molecule has 0 aromatic heterocycles. The molecule has 1 atom stereocenters. The fraction of sp³-hybridized carbons (Fsp3) is 0.417. The van der Waals surface area contributed by atoms with Gasteiger partial charge < -0.3 is 15.4 Å². The zero-order valence-corrected chi connectivity index (χ0v) is 10.4. The molecule has 0 bridgehead atoms. The second kappa shape index (κ2) is 5.38. The van der Waals surface area contributed by atoms with E-state index in [2.05, 4.69) is 10.6 Å². The van der Waals surface area contributed by atoms with Crippen LogP contribution in [0.25, 0.3) is 0 Å². The summed E-state index contributed by atoms with van der Waals surface area (Å²) in [6.07, 6.45) is 0.870. The van der Waals surface area contributed by atoms with Crippen LogP contribution in [0.2, 0.25) is 5.02 Å². The number of carbonyl (C=O) groups excluding carboxylic acids is 1. The molecule has 0 spiro atoms. The normalized spacial score (nSPS) is 19.1. The second-order valence-corrected chi connectivity index (χ2v) is 4.46. The van der Waals surface area contributed by atoms with Crippen LogP contribution in [0, 0.1) is 5.92 Å². The van der Waals surface area contributed by atoms with Crippen molar-refractivity contribution in [3.63, 3.8) is 0 Å². The number of hydrogen-bond donors (Lipinski definition) is 2. The minimum atomic E-state index is 0.00978. The largest absolute Gasteiger partial charge is 0.495 e. The third-order valence-corrected chi connectivity index (χ3v) is 3.09. The number of methoxy groups -OCH3 is 1. The summed E-state index contributed by atoms with van der Waals surface area (Å²) in [7, 11) is 1.57. The lowest BCUT2D eigenvalue weighted by Crippen LogP contribution is -2.24. The highest BCUT2D eigenvalue weighted by molar-refractivity contribution is 6.31. The lowest BCUT2D eigenvalue weighted by atomic mass is 10.1. The molecule has 4 nitrogen and oxygen atoms in total. The van der Waals surface area contributed by atoms with E-state index >= 15 is 0 Å². The fourth-order valence-electron chi connectivity index (χ4n) is 1.89. The lowest BCUT2D eigenvalue weighted by Gasteiger charge is -2.13. The van der Waals surface area contributed by atoms with Crippen molar-refractivity contribution < 1.29 is 9.53 Å². The predicted octanol–water partition coefficient (Wildman–Crippen LogP) is 1.90. The lowest BCUT2D eigenvalue weighted by molar-refractivity contribution is -0.119. The van der Waals surface area contributed by atoms with Crippen molar-refractivity contribution in [1.29, 1.82) is 0 Å². The molecule has 0 saturated carbocycles. The van der Waals surface area contributed by atoms with Crippen LogP contribution < -0.4 is 15.4 Å². The Bertz CT molecular complexity index is 417. The second-order valence-electron chi connectivity index (χ2n) is 4.02. The van der Waals surface area contributed by atoms with Crippen LogP contribution in [0.5, 0.6) is 5.75 Å². The summed E-state index contributed by atoms with van der Waals surface area (Å²) < 4.78 is 5.17. The van der Waals surface area contributed by atoms with Gasteiger partial charge in [0.1, 0.15) is 5.75 Å². The molecule has 1 fully saturated rings. The molecule has 1 unspecified atom stereocenters. The summed E-state index contributed by atoms with van der Waals surface area (Å²) in [6.45, 7) is 1.62. The SMILES string of the molecule is COc1ccc(Cl)cc1NC(=O)C1CCNC1. The average Bonchev–Trinajstić information content (AvgIpc) is 2.83. The van der Waals surface area contributed by atoms with Crippen molar-refractivity contribution in [1.82, 2.24) is 5.32 Å². The summed E-state index contributed by atoms with van der Waals surface area (Å²) in [5, 5.41) is 6.59. The third-order valence-electron chi connectivity index (χ3n) is 2.85. The number of anilines is 1. The number of carbonyl (C=O) groups is 1. The van der Waals surface area contributed by atoms with Gasteiger partial charge in [-0.3, -0.25) is 4.79 Å². The van der Waals surface area contributed by atoms with Gasteiger partial charge in [0.15, 0.2) is 0 Å². The van der Waals surface area contributed by atoms with Gasteiger partial charge in [0, 0.05) is 11.6 Å². The molecule has 5 heteroatoms. The van der Waals surface area contributed by atoms with Gasteiger partial charge in [0.25, 0.3) is 0 Å². The molecule has 1 heterocycles. The molecule has 2 rings (SSSR count). The minimum Gasteiger partial charge on any atom is -0.495 e. The Labute approximate surface area is 105 Å². The molecular formula is C12H15ClN2O2. The van der Waals surface area contributed by atoms with Crippen molar-refractivity contribution >= 4 is 23.2 Å². The zero-order valence-electron chi connectivity index (χ0n) is 9.63. The summed E-state index contributed by atoms with van der Waals surface area (Å²) in [5.74, 6) is 0.656. The monoisotopic (exact) mass is 254 g/mol. The molecule has 1 aliphatic rings. The zero-order chi connectivity index (χ0) is 12.3. The Balaban J connectivity index is 2.11. The van der Waals surface area contributed by atoms with Gasteiger partial charge in [-0.2, -0.15) is 0 Å². The standard InChI is InChI=1S/C12H15ClN2O2/c1-17-11-3-2-9(13)6-10(11)15-12(16)8-4-5-14-7-8/h2-3,6,8,14H,4-5,7H2,1H3,(H,15,16). The van der Waals surface area contributed by atoms with Gasteiger partial charge in [-0.05, 0) is 31.2 Å². The minimum absolute atomic E-state index is 0.00978. The molecule has 2 N–H and O–H groups in total.